The predicted molar refractivity (Wildman–Crippen MR) is 278 cm³/mol. The summed E-state index contributed by atoms with van der Waals surface area (Å²) in [4.78, 5) is 15.9. The number of aromatic nitrogens is 5. The highest BCUT2D eigenvalue weighted by molar-refractivity contribution is 6.26. The van der Waals surface area contributed by atoms with Crippen LogP contribution in [0.25, 0.3) is 122 Å². The maximum atomic E-state index is 5.32. The van der Waals surface area contributed by atoms with Crippen molar-refractivity contribution >= 4 is 54.4 Å². The van der Waals surface area contributed by atoms with E-state index in [1.165, 1.54) is 54.6 Å². The van der Waals surface area contributed by atoms with Gasteiger partial charge in [0, 0.05) is 49.3 Å². The van der Waals surface area contributed by atoms with Gasteiger partial charge in [0.25, 0.3) is 0 Å². The SMILES string of the molecule is Cc1cc(-c2nc(-c3ccccc3-c3ccccc3)nc(-c3ccccc3-c3ccccc3)n2)ccc1-n1c2ccccc2c2ccc3c(c4ccccc4n3-c3cccc4ccccc34)c21. The smallest absolute Gasteiger partial charge is 0.164 e. The van der Waals surface area contributed by atoms with Gasteiger partial charge in [-0.05, 0) is 82.6 Å². The van der Waals surface area contributed by atoms with Crippen LogP contribution >= 0.6 is 0 Å². The average molecular weight is 856 g/mol. The zero-order chi connectivity index (χ0) is 44.4. The second-order valence-electron chi connectivity index (χ2n) is 17.2. The lowest BCUT2D eigenvalue weighted by atomic mass is 9.98. The molecule has 3 aromatic heterocycles. The van der Waals surface area contributed by atoms with Crippen molar-refractivity contribution in [2.75, 3.05) is 0 Å². The summed E-state index contributed by atoms with van der Waals surface area (Å²) in [6.07, 6.45) is 0. The van der Waals surface area contributed by atoms with Crippen molar-refractivity contribution in [1.82, 2.24) is 24.1 Å². The van der Waals surface area contributed by atoms with E-state index in [1.807, 2.05) is 12.1 Å². The van der Waals surface area contributed by atoms with Gasteiger partial charge in [-0.1, -0.05) is 188 Å². The molecule has 0 amide bonds. The highest BCUT2D eigenvalue weighted by Gasteiger charge is 2.23. The lowest BCUT2D eigenvalue weighted by Gasteiger charge is -2.16. The van der Waals surface area contributed by atoms with Gasteiger partial charge in [-0.15, -0.1) is 0 Å². The Bertz CT molecular complexity index is 3940. The van der Waals surface area contributed by atoms with Crippen molar-refractivity contribution in [3.05, 3.63) is 236 Å². The second-order valence-corrected chi connectivity index (χ2v) is 17.2. The molecule has 0 atom stereocenters. The molecule has 3 heterocycles. The fourth-order valence-corrected chi connectivity index (χ4v) is 10.3. The van der Waals surface area contributed by atoms with Crippen LogP contribution in [0.4, 0.5) is 0 Å². The molecule has 0 saturated heterocycles. The Balaban J connectivity index is 1.04. The number of aryl methyl sites for hydroxylation is 1. The Labute approximate surface area is 387 Å². The first-order valence-corrected chi connectivity index (χ1v) is 22.8. The topological polar surface area (TPSA) is 48.5 Å². The fourth-order valence-electron chi connectivity index (χ4n) is 10.3. The summed E-state index contributed by atoms with van der Waals surface area (Å²) in [6, 6.07) is 81.9. The standard InChI is InChI=1S/C62H41N5/c1-40-39-44(60-63-61(50-29-12-10-25-45(50)41-19-4-2-5-20-41)65-62(64-60)51-30-13-11-26-46(51)42-21-6-3-7-22-42)35-37-53(40)67-55-32-16-14-28-48(55)49-36-38-57-58(59(49)67)52-31-15-17-33-56(52)66(57)54-34-18-24-43-23-8-9-27-47(43)54/h2-39H,1H3. The third-order valence-electron chi connectivity index (χ3n) is 13.3. The van der Waals surface area contributed by atoms with E-state index >= 15 is 0 Å². The lowest BCUT2D eigenvalue weighted by Crippen LogP contribution is -2.03. The van der Waals surface area contributed by atoms with Crippen molar-refractivity contribution < 1.29 is 0 Å². The van der Waals surface area contributed by atoms with Crippen molar-refractivity contribution in [2.24, 2.45) is 0 Å². The minimum absolute atomic E-state index is 0.614. The van der Waals surface area contributed by atoms with E-state index in [1.54, 1.807) is 0 Å². The number of rotatable bonds is 7. The van der Waals surface area contributed by atoms with Gasteiger partial charge in [-0.25, -0.2) is 15.0 Å². The molecule has 0 saturated carbocycles. The van der Waals surface area contributed by atoms with Crippen LogP contribution in [0.2, 0.25) is 0 Å². The van der Waals surface area contributed by atoms with Gasteiger partial charge >= 0.3 is 0 Å². The number of hydrogen-bond donors (Lipinski definition) is 0. The first-order chi connectivity index (χ1) is 33.2. The second kappa shape index (κ2) is 15.7. The number of fused-ring (bicyclic) bond motifs is 8. The summed E-state index contributed by atoms with van der Waals surface area (Å²) in [7, 11) is 0. The molecule has 0 bridgehead atoms. The van der Waals surface area contributed by atoms with E-state index in [0.717, 1.165) is 55.7 Å². The molecule has 314 valence electrons. The Morgan fingerprint density at radius 3 is 1.49 bits per heavy atom. The van der Waals surface area contributed by atoms with E-state index in [2.05, 4.69) is 234 Å². The number of para-hydroxylation sites is 2. The summed E-state index contributed by atoms with van der Waals surface area (Å²) < 4.78 is 4.93. The summed E-state index contributed by atoms with van der Waals surface area (Å²) in [5.74, 6) is 1.86. The van der Waals surface area contributed by atoms with E-state index in [4.69, 9.17) is 15.0 Å². The summed E-state index contributed by atoms with van der Waals surface area (Å²) in [5, 5.41) is 7.30. The molecule has 0 aliphatic rings. The molecule has 0 aliphatic heterocycles. The monoisotopic (exact) mass is 855 g/mol. The predicted octanol–water partition coefficient (Wildman–Crippen LogP) is 15.9. The summed E-state index contributed by atoms with van der Waals surface area (Å²) >= 11 is 0. The van der Waals surface area contributed by atoms with E-state index in [-0.39, 0.29) is 0 Å². The first kappa shape index (κ1) is 38.5. The minimum atomic E-state index is 0.614. The Hall–Kier alpha value is -8.93. The van der Waals surface area contributed by atoms with Crippen molar-refractivity contribution in [3.8, 4) is 67.8 Å². The number of nitrogens with zero attached hydrogens (tertiary/aromatic N) is 5. The highest BCUT2D eigenvalue weighted by Crippen LogP contribution is 2.44. The third-order valence-corrected chi connectivity index (χ3v) is 13.3. The molecule has 0 aliphatic carbocycles. The normalized spacial score (nSPS) is 11.7. The zero-order valence-corrected chi connectivity index (χ0v) is 36.7. The quantitative estimate of drug-likeness (QED) is 0.160. The van der Waals surface area contributed by atoms with Gasteiger partial charge in [0.1, 0.15) is 0 Å². The average Bonchev–Trinajstić information content (AvgIpc) is 3.91. The van der Waals surface area contributed by atoms with Crippen LogP contribution in [-0.2, 0) is 0 Å². The molecular weight excluding hydrogens is 815 g/mol. The molecular formula is C62H41N5. The number of hydrogen-bond acceptors (Lipinski definition) is 3. The van der Waals surface area contributed by atoms with Gasteiger partial charge in [0.15, 0.2) is 17.5 Å². The van der Waals surface area contributed by atoms with Gasteiger partial charge in [0.2, 0.25) is 0 Å². The lowest BCUT2D eigenvalue weighted by molar-refractivity contribution is 1.07. The van der Waals surface area contributed by atoms with Crippen molar-refractivity contribution in [1.29, 1.82) is 0 Å². The largest absolute Gasteiger partial charge is 0.309 e. The van der Waals surface area contributed by atoms with Crippen LogP contribution in [0, 0.1) is 6.92 Å². The minimum Gasteiger partial charge on any atom is -0.309 e. The van der Waals surface area contributed by atoms with Crippen LogP contribution in [0.15, 0.2) is 231 Å². The van der Waals surface area contributed by atoms with Crippen molar-refractivity contribution in [2.45, 2.75) is 6.92 Å². The summed E-state index contributed by atoms with van der Waals surface area (Å²) in [6.45, 7) is 2.21. The van der Waals surface area contributed by atoms with Gasteiger partial charge in [0.05, 0.1) is 27.8 Å². The molecule has 0 fully saturated rings. The number of benzene rings is 10. The molecule has 5 nitrogen and oxygen atoms in total. The molecule has 0 unspecified atom stereocenters. The Morgan fingerprint density at radius 1 is 0.313 bits per heavy atom. The molecule has 5 heteroatoms. The van der Waals surface area contributed by atoms with Crippen LogP contribution in [0.3, 0.4) is 0 Å². The molecule has 67 heavy (non-hydrogen) atoms. The van der Waals surface area contributed by atoms with Crippen LogP contribution in [-0.4, -0.2) is 24.1 Å². The summed E-state index contributed by atoms with van der Waals surface area (Å²) in [5.41, 5.74) is 15.2. The van der Waals surface area contributed by atoms with E-state index in [9.17, 15) is 0 Å². The van der Waals surface area contributed by atoms with E-state index < -0.39 is 0 Å². The molecule has 0 N–H and O–H groups in total. The molecule has 10 aromatic carbocycles. The van der Waals surface area contributed by atoms with Gasteiger partial charge < -0.3 is 9.13 Å². The fraction of sp³-hybridized carbons (Fsp3) is 0.0161. The maximum absolute atomic E-state index is 5.32. The van der Waals surface area contributed by atoms with Gasteiger partial charge in [-0.3, -0.25) is 0 Å². The van der Waals surface area contributed by atoms with Crippen LogP contribution in [0.5, 0.6) is 0 Å². The Morgan fingerprint density at radius 2 is 0.836 bits per heavy atom. The zero-order valence-electron chi connectivity index (χ0n) is 36.7. The van der Waals surface area contributed by atoms with Crippen LogP contribution < -0.4 is 0 Å². The van der Waals surface area contributed by atoms with Crippen molar-refractivity contribution in [3.63, 3.8) is 0 Å². The van der Waals surface area contributed by atoms with Crippen LogP contribution in [0.1, 0.15) is 5.56 Å². The maximum Gasteiger partial charge on any atom is 0.164 e. The molecule has 0 radical (unpaired) electrons. The first-order valence-electron chi connectivity index (χ1n) is 22.8. The van der Waals surface area contributed by atoms with Gasteiger partial charge in [-0.2, -0.15) is 0 Å². The molecule has 13 aromatic rings. The third kappa shape index (κ3) is 6.28. The molecule has 13 rings (SSSR count). The molecule has 0 spiro atoms. The Kier molecular flexibility index (Phi) is 9.00. The highest BCUT2D eigenvalue weighted by atomic mass is 15.0. The van der Waals surface area contributed by atoms with E-state index in [0.29, 0.717) is 17.5 Å².